The number of hydrogen-bond donors (Lipinski definition) is 0. The fraction of sp³-hybridized carbons (Fsp3) is 0.0769. The molecule has 0 aliphatic heterocycles. The summed E-state index contributed by atoms with van der Waals surface area (Å²) in [5.41, 5.74) is 10.4. The summed E-state index contributed by atoms with van der Waals surface area (Å²) in [6, 6.07) is 26.2. The molecule has 0 saturated heterocycles. The van der Waals surface area contributed by atoms with Crippen LogP contribution in [0.15, 0.2) is 91.0 Å². The van der Waals surface area contributed by atoms with E-state index in [-0.39, 0.29) is 5.92 Å². The van der Waals surface area contributed by atoms with Gasteiger partial charge >= 0.3 is 0 Å². The second-order valence-electron chi connectivity index (χ2n) is 7.08. The Balaban J connectivity index is 1.64. The Kier molecular flexibility index (Phi) is 3.50. The lowest BCUT2D eigenvalue weighted by atomic mass is 9.90. The molecule has 0 radical (unpaired) electrons. The van der Waals surface area contributed by atoms with Gasteiger partial charge in [-0.3, -0.25) is 0 Å². The zero-order valence-electron chi connectivity index (χ0n) is 14.7. The highest BCUT2D eigenvalue weighted by atomic mass is 14.3. The summed E-state index contributed by atoms with van der Waals surface area (Å²) >= 11 is 0. The molecule has 2 aliphatic carbocycles. The molecular weight excluding hydrogens is 312 g/mol. The minimum Gasteiger partial charge on any atom is -0.0942 e. The van der Waals surface area contributed by atoms with Crippen LogP contribution in [0.25, 0.3) is 17.7 Å². The highest BCUT2D eigenvalue weighted by Crippen LogP contribution is 2.48. The van der Waals surface area contributed by atoms with Crippen LogP contribution in [0.4, 0.5) is 0 Å². The summed E-state index contributed by atoms with van der Waals surface area (Å²) in [5, 5.41) is 0. The lowest BCUT2D eigenvalue weighted by Gasteiger charge is -2.13. The largest absolute Gasteiger partial charge is 0.0942 e. The lowest BCUT2D eigenvalue weighted by Crippen LogP contribution is -1.97. The predicted octanol–water partition coefficient (Wildman–Crippen LogP) is 6.50. The first kappa shape index (κ1) is 15.2. The maximum absolute atomic E-state index is 4.49. The molecule has 0 amide bonds. The summed E-state index contributed by atoms with van der Waals surface area (Å²) in [5.74, 6) is 0.243. The van der Waals surface area contributed by atoms with Gasteiger partial charge in [-0.05, 0) is 63.1 Å². The SMILES string of the molecule is C=C1/C(=C\c2ccc3c(c2)C=CC3)c2ccccc2C1c1ccccc1. The van der Waals surface area contributed by atoms with Gasteiger partial charge in [-0.1, -0.05) is 85.5 Å². The van der Waals surface area contributed by atoms with E-state index in [1.54, 1.807) is 0 Å². The molecule has 2 aliphatic rings. The molecule has 0 heterocycles. The molecule has 1 atom stereocenters. The Morgan fingerprint density at radius 3 is 2.58 bits per heavy atom. The van der Waals surface area contributed by atoms with Crippen molar-refractivity contribution >= 4 is 17.7 Å². The van der Waals surface area contributed by atoms with Gasteiger partial charge in [0.2, 0.25) is 0 Å². The molecule has 0 nitrogen and oxygen atoms in total. The van der Waals surface area contributed by atoms with Gasteiger partial charge in [-0.15, -0.1) is 0 Å². The number of benzene rings is 3. The van der Waals surface area contributed by atoms with Crippen LogP contribution in [0.5, 0.6) is 0 Å². The highest BCUT2D eigenvalue weighted by Gasteiger charge is 2.30. The Hall–Kier alpha value is -3.12. The van der Waals surface area contributed by atoms with Crippen molar-refractivity contribution in [2.24, 2.45) is 0 Å². The van der Waals surface area contributed by atoms with Gasteiger partial charge in [0.25, 0.3) is 0 Å². The van der Waals surface area contributed by atoms with E-state index in [0.29, 0.717) is 0 Å². The summed E-state index contributed by atoms with van der Waals surface area (Å²) in [7, 11) is 0. The molecule has 0 N–H and O–H groups in total. The molecule has 0 bridgehead atoms. The standard InChI is InChI=1S/C26H20/c1-18-25(17-19-14-15-20-10-7-11-22(20)16-19)23-12-5-6-13-24(23)26(18)21-8-3-2-4-9-21/h2-9,11-17,26H,1,10H2/b25-17+. The molecule has 0 aromatic heterocycles. The molecule has 0 heteroatoms. The van der Waals surface area contributed by atoms with Gasteiger partial charge in [0.15, 0.2) is 0 Å². The molecule has 124 valence electrons. The number of allylic oxidation sites excluding steroid dienone is 3. The van der Waals surface area contributed by atoms with Crippen molar-refractivity contribution in [3.05, 3.63) is 124 Å². The zero-order valence-corrected chi connectivity index (χ0v) is 14.7. The van der Waals surface area contributed by atoms with Gasteiger partial charge in [-0.25, -0.2) is 0 Å². The van der Waals surface area contributed by atoms with E-state index < -0.39 is 0 Å². The van der Waals surface area contributed by atoms with Gasteiger partial charge in [0.05, 0.1) is 0 Å². The van der Waals surface area contributed by atoms with Crippen LogP contribution in [0.3, 0.4) is 0 Å². The van der Waals surface area contributed by atoms with Gasteiger partial charge < -0.3 is 0 Å². The minimum absolute atomic E-state index is 0.243. The first-order valence-corrected chi connectivity index (χ1v) is 9.16. The van der Waals surface area contributed by atoms with Gasteiger partial charge in [-0.2, -0.15) is 0 Å². The Morgan fingerprint density at radius 1 is 0.885 bits per heavy atom. The highest BCUT2D eigenvalue weighted by molar-refractivity contribution is 5.97. The summed E-state index contributed by atoms with van der Waals surface area (Å²) < 4.78 is 0. The van der Waals surface area contributed by atoms with Crippen molar-refractivity contribution in [3.63, 3.8) is 0 Å². The van der Waals surface area contributed by atoms with Crippen molar-refractivity contribution < 1.29 is 0 Å². The normalized spacial score (nSPS) is 19.0. The van der Waals surface area contributed by atoms with Crippen molar-refractivity contribution in [3.8, 4) is 0 Å². The van der Waals surface area contributed by atoms with E-state index in [1.807, 2.05) is 0 Å². The quantitative estimate of drug-likeness (QED) is 0.502. The fourth-order valence-electron chi connectivity index (χ4n) is 4.23. The second-order valence-corrected chi connectivity index (χ2v) is 7.08. The smallest absolute Gasteiger partial charge is 0.0346 e. The van der Waals surface area contributed by atoms with Gasteiger partial charge in [0, 0.05) is 5.92 Å². The van der Waals surface area contributed by atoms with E-state index >= 15 is 0 Å². The maximum Gasteiger partial charge on any atom is 0.0346 e. The molecule has 0 spiro atoms. The molecule has 3 aromatic rings. The number of hydrogen-bond acceptors (Lipinski definition) is 0. The van der Waals surface area contributed by atoms with E-state index in [0.717, 1.165) is 6.42 Å². The van der Waals surface area contributed by atoms with Crippen LogP contribution in [0.2, 0.25) is 0 Å². The van der Waals surface area contributed by atoms with Crippen molar-refractivity contribution in [2.75, 3.05) is 0 Å². The molecule has 0 fully saturated rings. The third kappa shape index (κ3) is 2.38. The first-order chi connectivity index (χ1) is 12.8. The first-order valence-electron chi connectivity index (χ1n) is 9.16. The van der Waals surface area contributed by atoms with Crippen LogP contribution in [-0.4, -0.2) is 0 Å². The monoisotopic (exact) mass is 332 g/mol. The summed E-state index contributed by atoms with van der Waals surface area (Å²) in [6.07, 6.45) is 7.81. The molecule has 3 aromatic carbocycles. The van der Waals surface area contributed by atoms with Crippen LogP contribution < -0.4 is 0 Å². The van der Waals surface area contributed by atoms with E-state index in [9.17, 15) is 0 Å². The van der Waals surface area contributed by atoms with E-state index in [4.69, 9.17) is 0 Å². The van der Waals surface area contributed by atoms with E-state index in [1.165, 1.54) is 44.5 Å². The summed E-state index contributed by atoms with van der Waals surface area (Å²) in [4.78, 5) is 0. The topological polar surface area (TPSA) is 0 Å². The Morgan fingerprint density at radius 2 is 1.69 bits per heavy atom. The molecule has 0 saturated carbocycles. The van der Waals surface area contributed by atoms with Crippen molar-refractivity contribution in [1.82, 2.24) is 0 Å². The van der Waals surface area contributed by atoms with Crippen LogP contribution in [0, 0.1) is 0 Å². The third-order valence-corrected chi connectivity index (χ3v) is 5.51. The maximum atomic E-state index is 4.49. The lowest BCUT2D eigenvalue weighted by molar-refractivity contribution is 1.02. The van der Waals surface area contributed by atoms with Crippen molar-refractivity contribution in [2.45, 2.75) is 12.3 Å². The second kappa shape index (κ2) is 6.00. The molecule has 1 unspecified atom stereocenters. The number of rotatable bonds is 2. The fourth-order valence-corrected chi connectivity index (χ4v) is 4.23. The van der Waals surface area contributed by atoms with Gasteiger partial charge in [0.1, 0.15) is 0 Å². The molecule has 5 rings (SSSR count). The van der Waals surface area contributed by atoms with Crippen LogP contribution in [0.1, 0.15) is 39.3 Å². The van der Waals surface area contributed by atoms with Crippen LogP contribution in [-0.2, 0) is 6.42 Å². The predicted molar refractivity (Wildman–Crippen MR) is 111 cm³/mol. The minimum atomic E-state index is 0.243. The number of fused-ring (bicyclic) bond motifs is 2. The third-order valence-electron chi connectivity index (χ3n) is 5.51. The van der Waals surface area contributed by atoms with Crippen molar-refractivity contribution in [1.29, 1.82) is 0 Å². The van der Waals surface area contributed by atoms with E-state index in [2.05, 4.69) is 97.6 Å². The summed E-state index contributed by atoms with van der Waals surface area (Å²) in [6.45, 7) is 4.49. The van der Waals surface area contributed by atoms with Crippen LogP contribution >= 0.6 is 0 Å². The Labute approximate surface area is 154 Å². The molecular formula is C26H20. The zero-order chi connectivity index (χ0) is 17.5. The Bertz CT molecular complexity index is 1060. The molecule has 26 heavy (non-hydrogen) atoms. The average Bonchev–Trinajstić information content (AvgIpc) is 3.25. The average molecular weight is 332 g/mol.